The summed E-state index contributed by atoms with van der Waals surface area (Å²) in [6.07, 6.45) is 1.28. The molecule has 0 radical (unpaired) electrons. The molecule has 2 fully saturated rings. The summed E-state index contributed by atoms with van der Waals surface area (Å²) in [6, 6.07) is 0. The molecule has 0 aromatic carbocycles. The van der Waals surface area contributed by atoms with Gasteiger partial charge in [-0.25, -0.2) is 0 Å². The van der Waals surface area contributed by atoms with Gasteiger partial charge in [0.15, 0.2) is 0 Å². The Morgan fingerprint density at radius 1 is 1.50 bits per heavy atom. The highest BCUT2D eigenvalue weighted by molar-refractivity contribution is 4.93. The number of hydrogen-bond acceptors (Lipinski definition) is 3. The fourth-order valence-corrected chi connectivity index (χ4v) is 1.81. The molecule has 2 heterocycles. The molecule has 0 saturated carbocycles. The first-order chi connectivity index (χ1) is 4.85. The van der Waals surface area contributed by atoms with Crippen LogP contribution in [0.2, 0.25) is 0 Å². The van der Waals surface area contributed by atoms with E-state index >= 15 is 0 Å². The van der Waals surface area contributed by atoms with Crippen LogP contribution in [-0.2, 0) is 4.74 Å². The predicted molar refractivity (Wildman–Crippen MR) is 38.5 cm³/mol. The van der Waals surface area contributed by atoms with Crippen LogP contribution >= 0.6 is 0 Å². The van der Waals surface area contributed by atoms with E-state index < -0.39 is 0 Å². The van der Waals surface area contributed by atoms with Crippen molar-refractivity contribution in [2.75, 3.05) is 33.0 Å². The first-order valence-corrected chi connectivity index (χ1v) is 3.85. The van der Waals surface area contributed by atoms with Crippen LogP contribution in [0.25, 0.3) is 0 Å². The molecule has 0 aromatic rings. The minimum Gasteiger partial charge on any atom is -0.380 e. The summed E-state index contributed by atoms with van der Waals surface area (Å²) in [5, 5.41) is 0. The van der Waals surface area contributed by atoms with Crippen LogP contribution in [0.15, 0.2) is 0 Å². The molecule has 0 unspecified atom stereocenters. The lowest BCUT2D eigenvalue weighted by molar-refractivity contribution is -0.104. The Morgan fingerprint density at radius 3 is 2.60 bits per heavy atom. The molecule has 2 aliphatic heterocycles. The second kappa shape index (κ2) is 2.19. The minimum atomic E-state index is 0.513. The van der Waals surface area contributed by atoms with Crippen molar-refractivity contribution >= 4 is 0 Å². The maximum absolute atomic E-state index is 5.52. The van der Waals surface area contributed by atoms with Crippen LogP contribution in [0.3, 0.4) is 0 Å². The van der Waals surface area contributed by atoms with Crippen LogP contribution in [0.4, 0.5) is 0 Å². The highest BCUT2D eigenvalue weighted by atomic mass is 16.5. The first kappa shape index (κ1) is 6.58. The molecule has 0 atom stereocenters. The normalized spacial score (nSPS) is 30.9. The van der Waals surface area contributed by atoms with Crippen LogP contribution in [0.1, 0.15) is 6.42 Å². The summed E-state index contributed by atoms with van der Waals surface area (Å²) in [5.41, 5.74) is 6.03. The van der Waals surface area contributed by atoms with Crippen molar-refractivity contribution in [1.29, 1.82) is 0 Å². The van der Waals surface area contributed by atoms with Crippen molar-refractivity contribution < 1.29 is 4.74 Å². The smallest absolute Gasteiger partial charge is 0.0557 e. The molecule has 2 aliphatic rings. The lowest BCUT2D eigenvalue weighted by Crippen LogP contribution is -2.45. The molecule has 10 heavy (non-hydrogen) atoms. The molecular formula is C7H14N2O. The third-order valence-corrected chi connectivity index (χ3v) is 2.59. The topological polar surface area (TPSA) is 38.5 Å². The van der Waals surface area contributed by atoms with E-state index in [1.807, 2.05) is 0 Å². The lowest BCUT2D eigenvalue weighted by Gasteiger charge is -2.37. The third kappa shape index (κ3) is 0.856. The number of rotatable bonds is 1. The Labute approximate surface area is 61.1 Å². The maximum Gasteiger partial charge on any atom is 0.0557 e. The van der Waals surface area contributed by atoms with Gasteiger partial charge in [-0.05, 0) is 6.42 Å². The maximum atomic E-state index is 5.52. The predicted octanol–water partition coefficient (Wildman–Crippen LogP) is -0.375. The first-order valence-electron chi connectivity index (χ1n) is 3.85. The Balaban J connectivity index is 1.92. The van der Waals surface area contributed by atoms with E-state index in [4.69, 9.17) is 10.5 Å². The molecule has 0 amide bonds. The van der Waals surface area contributed by atoms with Crippen LogP contribution in [0, 0.1) is 5.41 Å². The van der Waals surface area contributed by atoms with Crippen molar-refractivity contribution in [3.8, 4) is 0 Å². The Bertz CT molecular complexity index is 134. The molecule has 0 bridgehead atoms. The monoisotopic (exact) mass is 142 g/mol. The van der Waals surface area contributed by atoms with E-state index in [9.17, 15) is 0 Å². The van der Waals surface area contributed by atoms with Crippen LogP contribution in [-0.4, -0.2) is 37.9 Å². The average molecular weight is 142 g/mol. The zero-order valence-corrected chi connectivity index (χ0v) is 6.18. The van der Waals surface area contributed by atoms with Gasteiger partial charge in [0.1, 0.15) is 0 Å². The van der Waals surface area contributed by atoms with E-state index in [1.54, 1.807) is 0 Å². The Hall–Kier alpha value is -0.120. The molecule has 2 N–H and O–H groups in total. The highest BCUT2D eigenvalue weighted by Gasteiger charge is 2.43. The van der Waals surface area contributed by atoms with E-state index in [-0.39, 0.29) is 0 Å². The van der Waals surface area contributed by atoms with Gasteiger partial charge in [-0.2, -0.15) is 0 Å². The van der Waals surface area contributed by atoms with Crippen molar-refractivity contribution in [3.63, 3.8) is 0 Å². The van der Waals surface area contributed by atoms with E-state index in [0.717, 1.165) is 19.8 Å². The standard InChI is InChI=1S/C7H14N2O/c8-6-9-2-1-7(3-9)4-10-5-7/h1-6,8H2. The van der Waals surface area contributed by atoms with E-state index in [1.165, 1.54) is 13.0 Å². The Morgan fingerprint density at radius 2 is 2.30 bits per heavy atom. The number of hydrogen-bond donors (Lipinski definition) is 1. The molecule has 1 spiro atoms. The third-order valence-electron chi connectivity index (χ3n) is 2.59. The fraction of sp³-hybridized carbons (Fsp3) is 1.00. The molecule has 3 nitrogen and oxygen atoms in total. The van der Waals surface area contributed by atoms with Gasteiger partial charge in [-0.3, -0.25) is 4.90 Å². The molecule has 2 rings (SSSR count). The van der Waals surface area contributed by atoms with Crippen molar-refractivity contribution in [1.82, 2.24) is 4.90 Å². The molecule has 58 valence electrons. The van der Waals surface area contributed by atoms with Gasteiger partial charge >= 0.3 is 0 Å². The van der Waals surface area contributed by atoms with Crippen molar-refractivity contribution in [2.24, 2.45) is 11.1 Å². The Kier molecular flexibility index (Phi) is 1.44. The average Bonchev–Trinajstić information content (AvgIpc) is 2.29. The van der Waals surface area contributed by atoms with Crippen molar-refractivity contribution in [3.05, 3.63) is 0 Å². The summed E-state index contributed by atoms with van der Waals surface area (Å²) >= 11 is 0. The van der Waals surface area contributed by atoms with Gasteiger partial charge in [0.25, 0.3) is 0 Å². The number of ether oxygens (including phenoxy) is 1. The van der Waals surface area contributed by atoms with E-state index in [0.29, 0.717) is 12.1 Å². The van der Waals surface area contributed by atoms with Gasteiger partial charge in [0.05, 0.1) is 13.2 Å². The zero-order chi connectivity index (χ0) is 7.03. The number of nitrogens with zero attached hydrogens (tertiary/aromatic N) is 1. The van der Waals surface area contributed by atoms with Gasteiger partial charge in [-0.1, -0.05) is 0 Å². The fourth-order valence-electron chi connectivity index (χ4n) is 1.81. The number of nitrogens with two attached hydrogens (primary N) is 1. The molecule has 2 saturated heterocycles. The molecule has 3 heteroatoms. The summed E-state index contributed by atoms with van der Waals surface area (Å²) in [4.78, 5) is 2.29. The second-order valence-electron chi connectivity index (χ2n) is 3.48. The van der Waals surface area contributed by atoms with Crippen LogP contribution in [0.5, 0.6) is 0 Å². The SMILES string of the molecule is NCN1CCC2(COC2)C1. The largest absolute Gasteiger partial charge is 0.380 e. The quantitative estimate of drug-likeness (QED) is 0.542. The van der Waals surface area contributed by atoms with Crippen LogP contribution < -0.4 is 5.73 Å². The number of likely N-dealkylation sites (tertiary alicyclic amines) is 1. The van der Waals surface area contributed by atoms with Gasteiger partial charge < -0.3 is 10.5 Å². The second-order valence-corrected chi connectivity index (χ2v) is 3.48. The van der Waals surface area contributed by atoms with Crippen molar-refractivity contribution in [2.45, 2.75) is 6.42 Å². The minimum absolute atomic E-state index is 0.513. The van der Waals surface area contributed by atoms with Gasteiger partial charge in [-0.15, -0.1) is 0 Å². The lowest BCUT2D eigenvalue weighted by atomic mass is 9.85. The summed E-state index contributed by atoms with van der Waals surface area (Å²) in [5.74, 6) is 0. The summed E-state index contributed by atoms with van der Waals surface area (Å²) in [6.45, 7) is 4.96. The van der Waals surface area contributed by atoms with Gasteiger partial charge in [0, 0.05) is 25.2 Å². The van der Waals surface area contributed by atoms with Gasteiger partial charge in [0.2, 0.25) is 0 Å². The molecule has 0 aliphatic carbocycles. The summed E-state index contributed by atoms with van der Waals surface area (Å²) < 4.78 is 5.19. The summed E-state index contributed by atoms with van der Waals surface area (Å²) in [7, 11) is 0. The molecular weight excluding hydrogens is 128 g/mol. The van der Waals surface area contributed by atoms with E-state index in [2.05, 4.69) is 4.90 Å². The zero-order valence-electron chi connectivity index (χ0n) is 6.18. The molecule has 0 aromatic heterocycles. The highest BCUT2D eigenvalue weighted by Crippen LogP contribution is 2.36.